The van der Waals surface area contributed by atoms with E-state index in [2.05, 4.69) is 10.3 Å². The van der Waals surface area contributed by atoms with Crippen LogP contribution in [0.3, 0.4) is 0 Å². The van der Waals surface area contributed by atoms with Crippen molar-refractivity contribution in [2.75, 3.05) is 0 Å². The molecule has 1 aromatic heterocycles. The van der Waals surface area contributed by atoms with E-state index in [4.69, 9.17) is 18.8 Å². The molecular weight excluding hydrogens is 359 g/mol. The Balaban J connectivity index is 1.78. The summed E-state index contributed by atoms with van der Waals surface area (Å²) in [4.78, 5) is 15.3. The molecule has 2 aromatic rings. The molecule has 3 rings (SSSR count). The molecule has 0 spiro atoms. The molecule has 7 nitrogen and oxygen atoms in total. The Hall–Kier alpha value is -2.32. The molecular formula is C20H27BN2O5. The number of aromatic nitrogens is 1. The highest BCUT2D eigenvalue weighted by molar-refractivity contribution is 6.62. The Morgan fingerprint density at radius 2 is 1.68 bits per heavy atom. The van der Waals surface area contributed by atoms with Gasteiger partial charge in [-0.3, -0.25) is 0 Å². The van der Waals surface area contributed by atoms with Gasteiger partial charge in [-0.15, -0.1) is 0 Å². The van der Waals surface area contributed by atoms with Crippen molar-refractivity contribution < 1.29 is 23.6 Å². The van der Waals surface area contributed by atoms with Crippen molar-refractivity contribution >= 4 is 18.7 Å². The molecule has 0 bridgehead atoms. The largest absolute Gasteiger partial charge is 0.494 e. The maximum absolute atomic E-state index is 11.0. The van der Waals surface area contributed by atoms with Crippen LogP contribution < -0.4 is 10.8 Å². The van der Waals surface area contributed by atoms with Gasteiger partial charge in [-0.1, -0.05) is 38.1 Å². The lowest BCUT2D eigenvalue weighted by molar-refractivity contribution is 0.00578. The molecule has 28 heavy (non-hydrogen) atoms. The molecule has 8 heteroatoms. The van der Waals surface area contributed by atoms with Gasteiger partial charge in [0.1, 0.15) is 6.04 Å². The maximum atomic E-state index is 11.0. The predicted molar refractivity (Wildman–Crippen MR) is 106 cm³/mol. The van der Waals surface area contributed by atoms with E-state index in [9.17, 15) is 4.79 Å². The predicted octanol–water partition coefficient (Wildman–Crippen LogP) is 3.61. The van der Waals surface area contributed by atoms with Crippen LogP contribution in [0.2, 0.25) is 0 Å². The van der Waals surface area contributed by atoms with Crippen LogP contribution in [0, 0.1) is 5.92 Å². The van der Waals surface area contributed by atoms with E-state index in [0.29, 0.717) is 11.7 Å². The Bertz CT molecular complexity index is 829. The third kappa shape index (κ3) is 3.93. The van der Waals surface area contributed by atoms with Gasteiger partial charge < -0.3 is 24.1 Å². The standard InChI is InChI=1S/C20H27BN2O5/c1-12(2)16(23-18(24)25)17-22-11-15(26-17)13-7-9-14(10-8-13)21-27-19(3,4)20(5,6)28-21/h7-12,16,23H,1-6H3,(H,24,25). The Kier molecular flexibility index (Phi) is 5.29. The Labute approximate surface area is 165 Å². The zero-order chi connectivity index (χ0) is 20.7. The van der Waals surface area contributed by atoms with Crippen molar-refractivity contribution in [3.05, 3.63) is 36.4 Å². The summed E-state index contributed by atoms with van der Waals surface area (Å²) in [6.45, 7) is 11.9. The first-order valence-electron chi connectivity index (χ1n) is 9.41. The topological polar surface area (TPSA) is 93.8 Å². The van der Waals surface area contributed by atoms with Gasteiger partial charge >= 0.3 is 13.2 Å². The van der Waals surface area contributed by atoms with Gasteiger partial charge in [-0.05, 0) is 39.1 Å². The highest BCUT2D eigenvalue weighted by atomic mass is 16.7. The lowest BCUT2D eigenvalue weighted by Gasteiger charge is -2.32. The second-order valence-corrected chi connectivity index (χ2v) is 8.44. The molecule has 1 amide bonds. The normalized spacial score (nSPS) is 19.0. The van der Waals surface area contributed by atoms with Crippen LogP contribution in [0.4, 0.5) is 4.79 Å². The van der Waals surface area contributed by atoms with Crippen molar-refractivity contribution in [1.82, 2.24) is 10.3 Å². The molecule has 1 atom stereocenters. The van der Waals surface area contributed by atoms with Crippen molar-refractivity contribution in [2.45, 2.75) is 58.8 Å². The van der Waals surface area contributed by atoms with E-state index in [-0.39, 0.29) is 17.1 Å². The van der Waals surface area contributed by atoms with Crippen molar-refractivity contribution in [1.29, 1.82) is 0 Å². The lowest BCUT2D eigenvalue weighted by atomic mass is 9.79. The minimum Gasteiger partial charge on any atom is -0.465 e. The van der Waals surface area contributed by atoms with E-state index in [1.54, 1.807) is 6.20 Å². The SMILES string of the molecule is CC(C)C(NC(=O)O)c1ncc(-c2ccc(B3OC(C)(C)C(C)(C)O3)cc2)o1. The number of nitrogens with one attached hydrogen (secondary N) is 1. The number of hydrogen-bond acceptors (Lipinski definition) is 5. The molecule has 1 fully saturated rings. The van der Waals surface area contributed by atoms with Crippen molar-refractivity contribution in [2.24, 2.45) is 5.92 Å². The number of nitrogens with zero attached hydrogens (tertiary/aromatic N) is 1. The van der Waals surface area contributed by atoms with Crippen molar-refractivity contribution in [3.8, 4) is 11.3 Å². The minimum atomic E-state index is -1.11. The van der Waals surface area contributed by atoms with Gasteiger partial charge in [0.15, 0.2) is 5.76 Å². The van der Waals surface area contributed by atoms with Crippen LogP contribution in [0.15, 0.2) is 34.9 Å². The Morgan fingerprint density at radius 1 is 1.11 bits per heavy atom. The fourth-order valence-corrected chi connectivity index (χ4v) is 3.00. The third-order valence-corrected chi connectivity index (χ3v) is 5.46. The summed E-state index contributed by atoms with van der Waals surface area (Å²) in [5, 5.41) is 11.5. The number of oxazole rings is 1. The van der Waals surface area contributed by atoms with E-state index < -0.39 is 19.3 Å². The molecule has 1 saturated heterocycles. The number of rotatable bonds is 5. The number of carbonyl (C=O) groups is 1. The summed E-state index contributed by atoms with van der Waals surface area (Å²) in [7, 11) is -0.422. The fourth-order valence-electron chi connectivity index (χ4n) is 3.00. The highest BCUT2D eigenvalue weighted by Gasteiger charge is 2.51. The average Bonchev–Trinajstić information content (AvgIpc) is 3.15. The summed E-state index contributed by atoms with van der Waals surface area (Å²) < 4.78 is 18.0. The molecule has 1 aliphatic rings. The van der Waals surface area contributed by atoms with Gasteiger partial charge in [0.05, 0.1) is 17.4 Å². The highest BCUT2D eigenvalue weighted by Crippen LogP contribution is 2.36. The van der Waals surface area contributed by atoms with Gasteiger partial charge in [-0.2, -0.15) is 0 Å². The van der Waals surface area contributed by atoms with Gasteiger partial charge in [0, 0.05) is 5.56 Å². The molecule has 2 heterocycles. The molecule has 0 aliphatic carbocycles. The molecule has 2 N–H and O–H groups in total. The van der Waals surface area contributed by atoms with Gasteiger partial charge in [0.25, 0.3) is 0 Å². The van der Waals surface area contributed by atoms with Crippen LogP contribution in [0.25, 0.3) is 11.3 Å². The second kappa shape index (κ2) is 7.26. The monoisotopic (exact) mass is 386 g/mol. The van der Waals surface area contributed by atoms with Crippen LogP contribution in [0.5, 0.6) is 0 Å². The molecule has 1 aromatic carbocycles. The zero-order valence-corrected chi connectivity index (χ0v) is 17.1. The fraction of sp³-hybridized carbons (Fsp3) is 0.500. The van der Waals surface area contributed by atoms with E-state index in [0.717, 1.165) is 11.0 Å². The van der Waals surface area contributed by atoms with Gasteiger partial charge in [0.2, 0.25) is 5.89 Å². The maximum Gasteiger partial charge on any atom is 0.494 e. The summed E-state index contributed by atoms with van der Waals surface area (Å²) in [6.07, 6.45) is 0.503. The minimum absolute atomic E-state index is 0.00773. The summed E-state index contributed by atoms with van der Waals surface area (Å²) in [5.41, 5.74) is 0.991. The third-order valence-electron chi connectivity index (χ3n) is 5.46. The average molecular weight is 386 g/mol. The van der Waals surface area contributed by atoms with Crippen LogP contribution in [-0.2, 0) is 9.31 Å². The number of hydrogen-bond donors (Lipinski definition) is 2. The smallest absolute Gasteiger partial charge is 0.465 e. The number of amides is 1. The first-order chi connectivity index (χ1) is 13.0. The van der Waals surface area contributed by atoms with Crippen molar-refractivity contribution in [3.63, 3.8) is 0 Å². The van der Waals surface area contributed by atoms with E-state index >= 15 is 0 Å². The molecule has 0 radical (unpaired) electrons. The second-order valence-electron chi connectivity index (χ2n) is 8.44. The summed E-state index contributed by atoms with van der Waals surface area (Å²) in [5.74, 6) is 0.934. The first-order valence-corrected chi connectivity index (χ1v) is 9.41. The first kappa shape index (κ1) is 20.4. The lowest BCUT2D eigenvalue weighted by Crippen LogP contribution is -2.41. The molecule has 0 saturated carbocycles. The summed E-state index contributed by atoms with van der Waals surface area (Å²) >= 11 is 0. The molecule has 1 aliphatic heterocycles. The van der Waals surface area contributed by atoms with E-state index in [1.807, 2.05) is 65.8 Å². The van der Waals surface area contributed by atoms with Crippen LogP contribution >= 0.6 is 0 Å². The molecule has 150 valence electrons. The quantitative estimate of drug-likeness (QED) is 0.763. The molecule has 1 unspecified atom stereocenters. The summed E-state index contributed by atoms with van der Waals surface area (Å²) in [6, 6.07) is 7.21. The number of carboxylic acid groups (broad SMARTS) is 1. The Morgan fingerprint density at radius 3 is 2.18 bits per heavy atom. The number of benzene rings is 1. The van der Waals surface area contributed by atoms with Crippen LogP contribution in [-0.4, -0.2) is 34.5 Å². The zero-order valence-electron chi connectivity index (χ0n) is 17.1. The van der Waals surface area contributed by atoms with Gasteiger partial charge in [-0.25, -0.2) is 9.78 Å². The van der Waals surface area contributed by atoms with Crippen LogP contribution in [0.1, 0.15) is 53.5 Å². The van der Waals surface area contributed by atoms with E-state index in [1.165, 1.54) is 0 Å².